The van der Waals surface area contributed by atoms with Crippen LogP contribution >= 0.6 is 0 Å². The third-order valence-corrected chi connectivity index (χ3v) is 11.1. The predicted molar refractivity (Wildman–Crippen MR) is 229 cm³/mol. The molecule has 252 valence electrons. The number of aromatic nitrogens is 2. The molecule has 0 atom stereocenters. The van der Waals surface area contributed by atoms with E-state index >= 15 is 0 Å². The van der Waals surface area contributed by atoms with E-state index in [1.165, 1.54) is 87.8 Å². The van der Waals surface area contributed by atoms with Gasteiger partial charge in [0.1, 0.15) is 0 Å². The van der Waals surface area contributed by atoms with Gasteiger partial charge in [-0.25, -0.2) is 0 Å². The molecule has 2 aromatic heterocycles. The summed E-state index contributed by atoms with van der Waals surface area (Å²) < 4.78 is 4.85. The van der Waals surface area contributed by atoms with Crippen molar-refractivity contribution in [1.29, 1.82) is 0 Å². The molecule has 11 aromatic rings. The normalized spacial score (nSPS) is 11.7. The van der Waals surface area contributed by atoms with Gasteiger partial charge in [0.25, 0.3) is 0 Å². The van der Waals surface area contributed by atoms with Gasteiger partial charge in [-0.3, -0.25) is 0 Å². The van der Waals surface area contributed by atoms with Gasteiger partial charge in [0.2, 0.25) is 0 Å². The first-order valence-electron chi connectivity index (χ1n) is 18.6. The molecule has 0 aliphatic carbocycles. The summed E-state index contributed by atoms with van der Waals surface area (Å²) >= 11 is 0. The average Bonchev–Trinajstić information content (AvgIpc) is 3.76. The minimum Gasteiger partial charge on any atom is -0.309 e. The number of para-hydroxylation sites is 3. The van der Waals surface area contributed by atoms with Crippen molar-refractivity contribution < 1.29 is 0 Å². The molecule has 0 saturated heterocycles. The molecule has 0 amide bonds. The second kappa shape index (κ2) is 12.2. The standard InChI is InChI=1S/C52H34N2/c1-3-13-35(14-4-1)36-25-29-41(30-26-36)53-49-24-10-9-20-44(49)47-33-38(27-31-50(47)53)39-28-32-51-48(34-39)46-23-12-22-45(52(46)54(51)40-17-5-2-6-18-40)43-21-11-16-37-15-7-8-19-42(37)43/h1-34H. The molecule has 11 rings (SSSR count). The largest absolute Gasteiger partial charge is 0.309 e. The van der Waals surface area contributed by atoms with Crippen molar-refractivity contribution in [3.8, 4) is 44.8 Å². The molecule has 0 spiro atoms. The molecule has 54 heavy (non-hydrogen) atoms. The van der Waals surface area contributed by atoms with Crippen molar-refractivity contribution in [1.82, 2.24) is 9.13 Å². The fraction of sp³-hybridized carbons (Fsp3) is 0. The van der Waals surface area contributed by atoms with E-state index in [1.54, 1.807) is 0 Å². The van der Waals surface area contributed by atoms with Crippen LogP contribution in [0.25, 0.3) is 99.1 Å². The van der Waals surface area contributed by atoms with Gasteiger partial charge in [0, 0.05) is 38.5 Å². The molecule has 2 nitrogen and oxygen atoms in total. The fourth-order valence-corrected chi connectivity index (χ4v) is 8.64. The van der Waals surface area contributed by atoms with Crippen LogP contribution in [0.3, 0.4) is 0 Å². The van der Waals surface area contributed by atoms with E-state index in [4.69, 9.17) is 0 Å². The van der Waals surface area contributed by atoms with Crippen LogP contribution in [0.2, 0.25) is 0 Å². The zero-order valence-electron chi connectivity index (χ0n) is 29.5. The summed E-state index contributed by atoms with van der Waals surface area (Å²) in [5, 5.41) is 7.51. The molecule has 0 fully saturated rings. The van der Waals surface area contributed by atoms with E-state index in [-0.39, 0.29) is 0 Å². The quantitative estimate of drug-likeness (QED) is 0.171. The lowest BCUT2D eigenvalue weighted by Crippen LogP contribution is -1.95. The van der Waals surface area contributed by atoms with Crippen LogP contribution in [-0.2, 0) is 0 Å². The first-order valence-corrected chi connectivity index (χ1v) is 18.6. The molecule has 0 N–H and O–H groups in total. The van der Waals surface area contributed by atoms with E-state index in [2.05, 4.69) is 215 Å². The van der Waals surface area contributed by atoms with E-state index in [1.807, 2.05) is 0 Å². The maximum Gasteiger partial charge on any atom is 0.0619 e. The average molecular weight is 687 g/mol. The molecule has 0 radical (unpaired) electrons. The van der Waals surface area contributed by atoms with Crippen LogP contribution in [0.4, 0.5) is 0 Å². The third-order valence-electron chi connectivity index (χ3n) is 11.1. The summed E-state index contributed by atoms with van der Waals surface area (Å²) in [6, 6.07) is 75.2. The van der Waals surface area contributed by atoms with Gasteiger partial charge in [-0.1, -0.05) is 152 Å². The summed E-state index contributed by atoms with van der Waals surface area (Å²) in [5.74, 6) is 0. The Labute approximate surface area is 313 Å². The van der Waals surface area contributed by atoms with Crippen LogP contribution in [-0.4, -0.2) is 9.13 Å². The summed E-state index contributed by atoms with van der Waals surface area (Å²) in [7, 11) is 0. The SMILES string of the molecule is c1ccc(-c2ccc(-n3c4ccccc4c4cc(-c5ccc6c(c5)c5cccc(-c7cccc8ccccc78)c5n6-c5ccccc5)ccc43)cc2)cc1. The molecule has 0 aliphatic heterocycles. The Balaban J connectivity index is 1.10. The Kier molecular flexibility index (Phi) is 6.90. The molecular formula is C52H34N2. The van der Waals surface area contributed by atoms with Gasteiger partial charge in [-0.2, -0.15) is 0 Å². The Hall–Kier alpha value is -7.16. The van der Waals surface area contributed by atoms with E-state index in [0.717, 1.165) is 11.4 Å². The first kappa shape index (κ1) is 30.5. The zero-order chi connectivity index (χ0) is 35.6. The van der Waals surface area contributed by atoms with E-state index < -0.39 is 0 Å². The minimum absolute atomic E-state index is 1.16. The van der Waals surface area contributed by atoms with Crippen LogP contribution in [0, 0.1) is 0 Å². The molecule has 2 heteroatoms. The third kappa shape index (κ3) is 4.74. The molecule has 0 aliphatic rings. The minimum atomic E-state index is 1.16. The molecule has 0 saturated carbocycles. The molecule has 9 aromatic carbocycles. The number of fused-ring (bicyclic) bond motifs is 7. The maximum absolute atomic E-state index is 2.45. The highest BCUT2D eigenvalue weighted by Gasteiger charge is 2.19. The first-order chi connectivity index (χ1) is 26.8. The fourth-order valence-electron chi connectivity index (χ4n) is 8.64. The summed E-state index contributed by atoms with van der Waals surface area (Å²) in [4.78, 5) is 0. The molecular weight excluding hydrogens is 653 g/mol. The van der Waals surface area contributed by atoms with E-state index in [0.29, 0.717) is 0 Å². The Morgan fingerprint density at radius 2 is 0.759 bits per heavy atom. The van der Waals surface area contributed by atoms with Gasteiger partial charge in [-0.05, 0) is 93.2 Å². The van der Waals surface area contributed by atoms with Crippen molar-refractivity contribution in [3.05, 3.63) is 206 Å². The smallest absolute Gasteiger partial charge is 0.0619 e. The lowest BCUT2D eigenvalue weighted by atomic mass is 9.96. The number of hydrogen-bond acceptors (Lipinski definition) is 0. The van der Waals surface area contributed by atoms with Gasteiger partial charge < -0.3 is 9.13 Å². The number of hydrogen-bond donors (Lipinski definition) is 0. The summed E-state index contributed by atoms with van der Waals surface area (Å²) in [5.41, 5.74) is 14.5. The van der Waals surface area contributed by atoms with Gasteiger partial charge in [-0.15, -0.1) is 0 Å². The molecule has 0 bridgehead atoms. The van der Waals surface area contributed by atoms with Crippen molar-refractivity contribution in [3.63, 3.8) is 0 Å². The van der Waals surface area contributed by atoms with E-state index in [9.17, 15) is 0 Å². The maximum atomic E-state index is 2.45. The topological polar surface area (TPSA) is 9.86 Å². The van der Waals surface area contributed by atoms with Crippen molar-refractivity contribution in [2.45, 2.75) is 0 Å². The zero-order valence-corrected chi connectivity index (χ0v) is 29.5. The highest BCUT2D eigenvalue weighted by molar-refractivity contribution is 6.17. The molecule has 0 unspecified atom stereocenters. The summed E-state index contributed by atoms with van der Waals surface area (Å²) in [6.45, 7) is 0. The Bertz CT molecular complexity index is 3180. The second-order valence-corrected chi connectivity index (χ2v) is 14.1. The second-order valence-electron chi connectivity index (χ2n) is 14.1. The van der Waals surface area contributed by atoms with Crippen LogP contribution < -0.4 is 0 Å². The summed E-state index contributed by atoms with van der Waals surface area (Å²) in [6.07, 6.45) is 0. The number of benzene rings is 9. The van der Waals surface area contributed by atoms with Gasteiger partial charge >= 0.3 is 0 Å². The lowest BCUT2D eigenvalue weighted by molar-refractivity contribution is 1.18. The predicted octanol–water partition coefficient (Wildman–Crippen LogP) is 14.0. The highest BCUT2D eigenvalue weighted by Crippen LogP contribution is 2.42. The van der Waals surface area contributed by atoms with Crippen molar-refractivity contribution in [2.24, 2.45) is 0 Å². The van der Waals surface area contributed by atoms with Crippen molar-refractivity contribution in [2.75, 3.05) is 0 Å². The monoisotopic (exact) mass is 686 g/mol. The highest BCUT2D eigenvalue weighted by atomic mass is 15.0. The van der Waals surface area contributed by atoms with Crippen molar-refractivity contribution >= 4 is 54.4 Å². The van der Waals surface area contributed by atoms with Crippen LogP contribution in [0.15, 0.2) is 206 Å². The van der Waals surface area contributed by atoms with Gasteiger partial charge in [0.05, 0.1) is 22.1 Å². The number of nitrogens with zero attached hydrogens (tertiary/aromatic N) is 2. The molecule has 2 heterocycles. The lowest BCUT2D eigenvalue weighted by Gasteiger charge is -2.13. The Morgan fingerprint density at radius 3 is 1.54 bits per heavy atom. The van der Waals surface area contributed by atoms with Crippen LogP contribution in [0.1, 0.15) is 0 Å². The van der Waals surface area contributed by atoms with Gasteiger partial charge in [0.15, 0.2) is 0 Å². The number of rotatable bonds is 5. The van der Waals surface area contributed by atoms with Crippen LogP contribution in [0.5, 0.6) is 0 Å². The Morgan fingerprint density at radius 1 is 0.259 bits per heavy atom.